The Morgan fingerprint density at radius 3 is 1.45 bits per heavy atom. The lowest BCUT2D eigenvalue weighted by Crippen LogP contribution is -2.36. The van der Waals surface area contributed by atoms with Crippen molar-refractivity contribution in [3.63, 3.8) is 0 Å². The monoisotopic (exact) mass is 405 g/mol. The smallest absolute Gasteiger partial charge is 0.248 e. The second-order valence-electron chi connectivity index (χ2n) is 9.21. The molecule has 0 amide bonds. The van der Waals surface area contributed by atoms with E-state index in [1.54, 1.807) is 0 Å². The first-order valence-electron chi connectivity index (χ1n) is 13.4. The highest BCUT2D eigenvalue weighted by Crippen LogP contribution is 2.12. The normalized spacial score (nSPS) is 11.4. The molecule has 0 aromatic carbocycles. The maximum Gasteiger partial charge on any atom is 0.254 e. The standard InChI is InChI=1S/C27H52N2/c1-3-5-7-9-11-13-15-17-19-21-23-27-28-24-26-29(27)25-22-20-18-16-14-12-10-8-6-4-2/h24,26H,3-23,25H2,1-2H3/p+1. The van der Waals surface area contributed by atoms with Gasteiger partial charge in [-0.3, -0.25) is 0 Å². The van der Waals surface area contributed by atoms with E-state index in [1.165, 1.54) is 147 Å². The van der Waals surface area contributed by atoms with Gasteiger partial charge in [0.05, 0.1) is 6.54 Å². The van der Waals surface area contributed by atoms with Gasteiger partial charge in [0.2, 0.25) is 0 Å². The molecule has 0 saturated heterocycles. The van der Waals surface area contributed by atoms with Gasteiger partial charge in [0.1, 0.15) is 12.4 Å². The van der Waals surface area contributed by atoms with E-state index in [4.69, 9.17) is 0 Å². The van der Waals surface area contributed by atoms with E-state index >= 15 is 0 Å². The van der Waals surface area contributed by atoms with Crippen LogP contribution in [0, 0.1) is 0 Å². The van der Waals surface area contributed by atoms with E-state index in [-0.39, 0.29) is 0 Å². The van der Waals surface area contributed by atoms with Crippen molar-refractivity contribution in [3.8, 4) is 0 Å². The van der Waals surface area contributed by atoms with E-state index in [1.807, 2.05) is 0 Å². The molecule has 0 atom stereocenters. The first kappa shape index (κ1) is 26.2. The average molecular weight is 406 g/mol. The van der Waals surface area contributed by atoms with Crippen molar-refractivity contribution < 1.29 is 4.57 Å². The largest absolute Gasteiger partial charge is 0.254 e. The third-order valence-corrected chi connectivity index (χ3v) is 6.37. The van der Waals surface area contributed by atoms with Crippen LogP contribution in [0.4, 0.5) is 0 Å². The molecule has 0 aliphatic heterocycles. The highest BCUT2D eigenvalue weighted by molar-refractivity contribution is 4.77. The fourth-order valence-corrected chi connectivity index (χ4v) is 4.37. The number of rotatable bonds is 22. The molecule has 0 spiro atoms. The Hall–Kier alpha value is -0.790. The van der Waals surface area contributed by atoms with Crippen molar-refractivity contribution >= 4 is 0 Å². The van der Waals surface area contributed by atoms with Gasteiger partial charge in [0.15, 0.2) is 0 Å². The van der Waals surface area contributed by atoms with Gasteiger partial charge in [-0.05, 0) is 19.3 Å². The van der Waals surface area contributed by atoms with Crippen molar-refractivity contribution in [3.05, 3.63) is 18.2 Å². The molecule has 0 radical (unpaired) electrons. The van der Waals surface area contributed by atoms with E-state index in [2.05, 4.69) is 35.8 Å². The van der Waals surface area contributed by atoms with Gasteiger partial charge < -0.3 is 0 Å². The zero-order chi connectivity index (χ0) is 20.8. The number of aryl methyl sites for hydroxylation is 2. The van der Waals surface area contributed by atoms with E-state index in [9.17, 15) is 0 Å². The quantitative estimate of drug-likeness (QED) is 0.147. The van der Waals surface area contributed by atoms with Crippen LogP contribution in [0.2, 0.25) is 0 Å². The number of hydrogen-bond acceptors (Lipinski definition) is 0. The third-order valence-electron chi connectivity index (χ3n) is 6.37. The second kappa shape index (κ2) is 20.5. The molecular weight excluding hydrogens is 352 g/mol. The van der Waals surface area contributed by atoms with Crippen LogP contribution in [0.1, 0.15) is 148 Å². The minimum Gasteiger partial charge on any atom is -0.248 e. The lowest BCUT2D eigenvalue weighted by atomic mass is 10.1. The van der Waals surface area contributed by atoms with Crippen molar-refractivity contribution in [1.29, 1.82) is 0 Å². The van der Waals surface area contributed by atoms with Crippen molar-refractivity contribution in [2.75, 3.05) is 0 Å². The Bertz CT molecular complexity index is 399. The summed E-state index contributed by atoms with van der Waals surface area (Å²) in [7, 11) is 0. The predicted octanol–water partition coefficient (Wildman–Crippen LogP) is 8.69. The van der Waals surface area contributed by atoms with Gasteiger partial charge in [0, 0.05) is 6.42 Å². The Morgan fingerprint density at radius 2 is 0.966 bits per heavy atom. The summed E-state index contributed by atoms with van der Waals surface area (Å²) in [5.41, 5.74) is 0. The Kier molecular flexibility index (Phi) is 18.5. The molecule has 0 aliphatic carbocycles. The summed E-state index contributed by atoms with van der Waals surface area (Å²) in [6.07, 6.45) is 34.0. The zero-order valence-corrected chi connectivity index (χ0v) is 20.2. The summed E-state index contributed by atoms with van der Waals surface area (Å²) in [4.78, 5) is 3.48. The number of nitrogens with one attached hydrogen (secondary N) is 1. The summed E-state index contributed by atoms with van der Waals surface area (Å²) in [5, 5.41) is 0. The molecule has 0 fully saturated rings. The number of hydrogen-bond donors (Lipinski definition) is 1. The molecule has 1 heterocycles. The lowest BCUT2D eigenvalue weighted by Gasteiger charge is -2.04. The first-order valence-corrected chi connectivity index (χ1v) is 13.4. The van der Waals surface area contributed by atoms with Crippen LogP contribution >= 0.6 is 0 Å². The van der Waals surface area contributed by atoms with Crippen LogP contribution < -0.4 is 4.57 Å². The summed E-state index contributed by atoms with van der Waals surface area (Å²) < 4.78 is 2.47. The summed E-state index contributed by atoms with van der Waals surface area (Å²) in [6.45, 7) is 5.80. The SMILES string of the molecule is CCCCCCCCCCCCc1[nH]cc[n+]1CCCCCCCCCCCC. The number of aromatic amines is 1. The summed E-state index contributed by atoms with van der Waals surface area (Å²) in [5.74, 6) is 1.44. The van der Waals surface area contributed by atoms with Crippen LogP contribution in [0.3, 0.4) is 0 Å². The number of aromatic nitrogens is 2. The molecule has 1 rings (SSSR count). The fraction of sp³-hybridized carbons (Fsp3) is 0.889. The maximum absolute atomic E-state index is 3.48. The van der Waals surface area contributed by atoms with Crippen LogP contribution in [-0.4, -0.2) is 4.98 Å². The van der Waals surface area contributed by atoms with Crippen LogP contribution in [0.25, 0.3) is 0 Å². The number of unbranched alkanes of at least 4 members (excludes halogenated alkanes) is 18. The highest BCUT2D eigenvalue weighted by atomic mass is 15.1. The van der Waals surface area contributed by atoms with Crippen molar-refractivity contribution in [2.45, 2.75) is 155 Å². The molecule has 0 unspecified atom stereocenters. The number of imidazole rings is 1. The van der Waals surface area contributed by atoms with Gasteiger partial charge in [-0.1, -0.05) is 123 Å². The highest BCUT2D eigenvalue weighted by Gasteiger charge is 2.09. The Labute approximate surface area is 183 Å². The van der Waals surface area contributed by atoms with E-state index < -0.39 is 0 Å². The molecule has 0 bridgehead atoms. The molecule has 1 aromatic rings. The number of H-pyrrole nitrogens is 1. The van der Waals surface area contributed by atoms with Crippen molar-refractivity contribution in [2.24, 2.45) is 0 Å². The zero-order valence-electron chi connectivity index (χ0n) is 20.2. The van der Waals surface area contributed by atoms with E-state index in [0.29, 0.717) is 0 Å². The van der Waals surface area contributed by atoms with Gasteiger partial charge >= 0.3 is 0 Å². The van der Waals surface area contributed by atoms with Crippen molar-refractivity contribution in [1.82, 2.24) is 4.98 Å². The first-order chi connectivity index (χ1) is 14.4. The minimum atomic E-state index is 1.20. The molecule has 2 heteroatoms. The van der Waals surface area contributed by atoms with Crippen LogP contribution in [-0.2, 0) is 13.0 Å². The molecule has 170 valence electrons. The molecule has 1 aromatic heterocycles. The van der Waals surface area contributed by atoms with Gasteiger partial charge in [-0.25, -0.2) is 9.55 Å². The molecular formula is C27H53N2+. The molecule has 2 nitrogen and oxygen atoms in total. The number of nitrogens with zero attached hydrogens (tertiary/aromatic N) is 1. The predicted molar refractivity (Wildman–Crippen MR) is 128 cm³/mol. The second-order valence-corrected chi connectivity index (χ2v) is 9.21. The van der Waals surface area contributed by atoms with Gasteiger partial charge in [-0.15, -0.1) is 0 Å². The molecule has 0 saturated carbocycles. The van der Waals surface area contributed by atoms with Crippen LogP contribution in [0.15, 0.2) is 12.4 Å². The lowest BCUT2D eigenvalue weighted by molar-refractivity contribution is -0.703. The van der Waals surface area contributed by atoms with Gasteiger partial charge in [0.25, 0.3) is 5.82 Å². The third kappa shape index (κ3) is 15.7. The van der Waals surface area contributed by atoms with E-state index in [0.717, 1.165) is 0 Å². The van der Waals surface area contributed by atoms with Gasteiger partial charge in [-0.2, -0.15) is 0 Å². The molecule has 29 heavy (non-hydrogen) atoms. The fourth-order valence-electron chi connectivity index (χ4n) is 4.37. The Balaban J connectivity index is 1.93. The summed E-state index contributed by atoms with van der Waals surface area (Å²) >= 11 is 0. The topological polar surface area (TPSA) is 19.7 Å². The molecule has 0 aliphatic rings. The maximum atomic E-state index is 3.48. The molecule has 1 N–H and O–H groups in total. The average Bonchev–Trinajstić information content (AvgIpc) is 3.18. The van der Waals surface area contributed by atoms with Crippen LogP contribution in [0.5, 0.6) is 0 Å². The Morgan fingerprint density at radius 1 is 0.552 bits per heavy atom. The summed E-state index contributed by atoms with van der Waals surface area (Å²) in [6, 6.07) is 0. The minimum absolute atomic E-state index is 1.20.